The van der Waals surface area contributed by atoms with Crippen LogP contribution in [0.2, 0.25) is 0 Å². The molecule has 2 aliphatic rings. The van der Waals surface area contributed by atoms with E-state index in [1.54, 1.807) is 0 Å². The first kappa shape index (κ1) is 18.6. The van der Waals surface area contributed by atoms with Crippen LogP contribution in [-0.4, -0.2) is 35.3 Å². The van der Waals surface area contributed by atoms with Gasteiger partial charge in [0.15, 0.2) is 5.60 Å². The molecule has 0 radical (unpaired) electrons. The smallest absolute Gasteiger partial charge is 0.166 e. The second kappa shape index (κ2) is 7.61. The van der Waals surface area contributed by atoms with E-state index in [0.29, 0.717) is 0 Å². The molecule has 4 rings (SSSR count). The summed E-state index contributed by atoms with van der Waals surface area (Å²) in [7, 11) is 0. The lowest BCUT2D eigenvalue weighted by atomic mass is 9.77. The molecule has 2 saturated heterocycles. The van der Waals surface area contributed by atoms with E-state index >= 15 is 0 Å². The highest BCUT2D eigenvalue weighted by Gasteiger charge is 2.55. The number of aliphatic hydroxyl groups is 1. The summed E-state index contributed by atoms with van der Waals surface area (Å²) in [5, 5.41) is 12.2. The van der Waals surface area contributed by atoms with Crippen LogP contribution in [0.1, 0.15) is 43.2 Å². The van der Waals surface area contributed by atoms with Crippen LogP contribution in [0.15, 0.2) is 60.7 Å². The first-order valence-corrected chi connectivity index (χ1v) is 9.45. The number of benzene rings is 2. The zero-order chi connectivity index (χ0) is 16.5. The van der Waals surface area contributed by atoms with Crippen LogP contribution >= 0.6 is 0 Å². The van der Waals surface area contributed by atoms with Crippen LogP contribution in [0.5, 0.6) is 0 Å². The van der Waals surface area contributed by atoms with Crippen LogP contribution in [0.4, 0.5) is 0 Å². The molecule has 0 saturated carbocycles. The van der Waals surface area contributed by atoms with Gasteiger partial charge in [-0.25, -0.2) is 0 Å². The van der Waals surface area contributed by atoms with Crippen molar-refractivity contribution in [1.29, 1.82) is 0 Å². The van der Waals surface area contributed by atoms with Crippen molar-refractivity contribution < 1.29 is 26.6 Å². The molecule has 2 heterocycles. The molecule has 2 aromatic rings. The van der Waals surface area contributed by atoms with Gasteiger partial charge in [0.2, 0.25) is 0 Å². The van der Waals surface area contributed by atoms with Gasteiger partial charge in [-0.15, -0.1) is 0 Å². The van der Waals surface area contributed by atoms with Crippen molar-refractivity contribution in [3.63, 3.8) is 0 Å². The summed E-state index contributed by atoms with van der Waals surface area (Å²) in [5.74, 6) is 0. The standard InChI is InChI=1S/C22H28NO.BrH/c24-22(19-11-4-1-5-12-19,20-13-6-2-7-14-20)21-15-10-18-23(21)16-8-3-9-17-23;/h1-2,4-7,11-14,21,24H,3,8-10,15-18H2;1H/q+1;/p-1. The Morgan fingerprint density at radius 1 is 0.720 bits per heavy atom. The molecule has 0 amide bonds. The molecule has 2 nitrogen and oxygen atoms in total. The summed E-state index contributed by atoms with van der Waals surface area (Å²) < 4.78 is 1.11. The fourth-order valence-electron chi connectivity index (χ4n) is 5.25. The lowest BCUT2D eigenvalue weighted by Gasteiger charge is -2.49. The van der Waals surface area contributed by atoms with E-state index in [4.69, 9.17) is 0 Å². The number of piperidine rings is 1. The third kappa shape index (κ3) is 3.18. The molecule has 0 aromatic heterocycles. The molecular weight excluding hydrogens is 374 g/mol. The van der Waals surface area contributed by atoms with E-state index in [9.17, 15) is 5.11 Å². The molecule has 2 aliphatic heterocycles. The molecular formula is C22H28BrNO. The predicted molar refractivity (Wildman–Crippen MR) is 97.6 cm³/mol. The maximum atomic E-state index is 12.2. The molecule has 1 unspecified atom stereocenters. The summed E-state index contributed by atoms with van der Waals surface area (Å²) in [6.07, 6.45) is 6.29. The third-order valence-electron chi connectivity index (χ3n) is 6.36. The van der Waals surface area contributed by atoms with Gasteiger partial charge in [0, 0.05) is 12.8 Å². The molecule has 1 spiro atoms. The molecule has 3 heteroatoms. The highest BCUT2D eigenvalue weighted by molar-refractivity contribution is 5.37. The third-order valence-corrected chi connectivity index (χ3v) is 6.36. The first-order valence-electron chi connectivity index (χ1n) is 9.45. The van der Waals surface area contributed by atoms with Crippen LogP contribution in [0.25, 0.3) is 0 Å². The SMILES string of the molecule is OC(c1ccccc1)(c1ccccc1)C1CCC[N+]12CCCCC2.[Br-]. The molecule has 1 N–H and O–H groups in total. The number of quaternary nitrogens is 1. The van der Waals surface area contributed by atoms with E-state index in [1.807, 2.05) is 12.1 Å². The second-order valence-corrected chi connectivity index (χ2v) is 7.61. The number of nitrogens with zero attached hydrogens (tertiary/aromatic N) is 1. The summed E-state index contributed by atoms with van der Waals surface area (Å²) in [6.45, 7) is 3.69. The number of hydrogen-bond donors (Lipinski definition) is 1. The minimum atomic E-state index is -0.892. The Bertz CT molecular complexity index is 627. The van der Waals surface area contributed by atoms with Crippen molar-refractivity contribution in [2.45, 2.75) is 43.7 Å². The van der Waals surface area contributed by atoms with Gasteiger partial charge in [-0.2, -0.15) is 0 Å². The largest absolute Gasteiger partial charge is 1.00 e. The zero-order valence-corrected chi connectivity index (χ0v) is 16.4. The Kier molecular flexibility index (Phi) is 5.67. The summed E-state index contributed by atoms with van der Waals surface area (Å²) in [6, 6.07) is 21.0. The fraction of sp³-hybridized carbons (Fsp3) is 0.455. The van der Waals surface area contributed by atoms with Crippen molar-refractivity contribution in [2.24, 2.45) is 0 Å². The van der Waals surface area contributed by atoms with Crippen molar-refractivity contribution in [3.8, 4) is 0 Å². The summed E-state index contributed by atoms with van der Waals surface area (Å²) >= 11 is 0. The first-order chi connectivity index (χ1) is 11.8. The van der Waals surface area contributed by atoms with Crippen LogP contribution in [-0.2, 0) is 5.60 Å². The number of halogens is 1. The summed E-state index contributed by atoms with van der Waals surface area (Å²) in [5.41, 5.74) is 1.20. The van der Waals surface area contributed by atoms with Gasteiger partial charge in [-0.1, -0.05) is 60.7 Å². The highest BCUT2D eigenvalue weighted by Crippen LogP contribution is 2.45. The van der Waals surface area contributed by atoms with Crippen molar-refractivity contribution in [2.75, 3.05) is 19.6 Å². The Balaban J connectivity index is 0.00000182. The highest BCUT2D eigenvalue weighted by atomic mass is 79.9. The molecule has 0 bridgehead atoms. The summed E-state index contributed by atoms with van der Waals surface area (Å²) in [4.78, 5) is 0. The lowest BCUT2D eigenvalue weighted by Crippen LogP contribution is -3.00. The van der Waals surface area contributed by atoms with Crippen LogP contribution in [0, 0.1) is 0 Å². The van der Waals surface area contributed by atoms with Crippen LogP contribution < -0.4 is 17.0 Å². The number of rotatable bonds is 3. The van der Waals surface area contributed by atoms with Gasteiger partial charge in [0.1, 0.15) is 6.04 Å². The molecule has 2 aromatic carbocycles. The Morgan fingerprint density at radius 3 is 1.72 bits per heavy atom. The fourth-order valence-corrected chi connectivity index (χ4v) is 5.25. The van der Waals surface area contributed by atoms with Crippen molar-refractivity contribution >= 4 is 0 Å². The van der Waals surface area contributed by atoms with Gasteiger partial charge in [0.25, 0.3) is 0 Å². The monoisotopic (exact) mass is 401 g/mol. The van der Waals surface area contributed by atoms with Crippen molar-refractivity contribution in [1.82, 2.24) is 0 Å². The van der Waals surface area contributed by atoms with E-state index in [2.05, 4.69) is 48.5 Å². The quantitative estimate of drug-likeness (QED) is 0.763. The normalized spacial score (nSPS) is 22.5. The molecule has 134 valence electrons. The maximum Gasteiger partial charge on any atom is 0.166 e. The van der Waals surface area contributed by atoms with E-state index < -0.39 is 5.60 Å². The van der Waals surface area contributed by atoms with Crippen molar-refractivity contribution in [3.05, 3.63) is 71.8 Å². The molecule has 25 heavy (non-hydrogen) atoms. The Labute approximate surface area is 161 Å². The molecule has 2 fully saturated rings. The Hall–Kier alpha value is -1.16. The van der Waals surface area contributed by atoms with Gasteiger partial charge >= 0.3 is 0 Å². The lowest BCUT2D eigenvalue weighted by molar-refractivity contribution is -0.950. The van der Waals surface area contributed by atoms with Gasteiger partial charge < -0.3 is 26.6 Å². The Morgan fingerprint density at radius 2 is 1.20 bits per heavy atom. The maximum absolute atomic E-state index is 12.2. The van der Waals surface area contributed by atoms with E-state index in [-0.39, 0.29) is 23.0 Å². The van der Waals surface area contributed by atoms with Gasteiger partial charge in [-0.05, 0) is 30.4 Å². The predicted octanol–water partition coefficient (Wildman–Crippen LogP) is 1.09. The molecule has 1 atom stereocenters. The number of hydrogen-bond acceptors (Lipinski definition) is 1. The van der Waals surface area contributed by atoms with Gasteiger partial charge in [-0.3, -0.25) is 0 Å². The van der Waals surface area contributed by atoms with E-state index in [1.165, 1.54) is 45.3 Å². The topological polar surface area (TPSA) is 20.2 Å². The van der Waals surface area contributed by atoms with Gasteiger partial charge in [0.05, 0.1) is 19.6 Å². The zero-order valence-electron chi connectivity index (χ0n) is 14.8. The average molecular weight is 402 g/mol. The van der Waals surface area contributed by atoms with E-state index in [0.717, 1.165) is 22.0 Å². The average Bonchev–Trinajstić information content (AvgIpc) is 3.06. The van der Waals surface area contributed by atoms with Crippen LogP contribution in [0.3, 0.4) is 0 Å². The minimum absolute atomic E-state index is 0. The minimum Gasteiger partial charge on any atom is -1.00 e. The molecule has 0 aliphatic carbocycles. The second-order valence-electron chi connectivity index (χ2n) is 7.61.